The number of esters is 1. The molecule has 1 aromatic heterocycles. The number of halogens is 3. The van der Waals surface area contributed by atoms with Crippen LogP contribution < -0.4 is 11.3 Å². The number of alkyl halides is 3. The molecular formula is C12H16F3N3O2S. The summed E-state index contributed by atoms with van der Waals surface area (Å²) in [7, 11) is 0. The number of nitrogen functional groups attached to an aromatic ring is 1. The fraction of sp³-hybridized carbons (Fsp3) is 0.500. The summed E-state index contributed by atoms with van der Waals surface area (Å²) in [5, 5.41) is 0.0311. The van der Waals surface area contributed by atoms with Gasteiger partial charge >= 0.3 is 12.1 Å². The lowest BCUT2D eigenvalue weighted by Crippen LogP contribution is -2.25. The van der Waals surface area contributed by atoms with E-state index in [1.165, 1.54) is 0 Å². The quantitative estimate of drug-likeness (QED) is 0.384. The van der Waals surface area contributed by atoms with Gasteiger partial charge < -0.3 is 10.2 Å². The van der Waals surface area contributed by atoms with E-state index in [9.17, 15) is 18.0 Å². The number of anilines is 1. The Labute approximate surface area is 124 Å². The minimum atomic E-state index is -4.52. The average molecular weight is 323 g/mol. The minimum absolute atomic E-state index is 0.0311. The molecule has 0 aliphatic heterocycles. The van der Waals surface area contributed by atoms with Crippen LogP contribution in [0, 0.1) is 0 Å². The van der Waals surface area contributed by atoms with Crippen molar-refractivity contribution in [1.29, 1.82) is 0 Å². The van der Waals surface area contributed by atoms with Crippen LogP contribution in [0.2, 0.25) is 0 Å². The monoisotopic (exact) mass is 323 g/mol. The molecule has 0 radical (unpaired) electrons. The van der Waals surface area contributed by atoms with Gasteiger partial charge in [-0.15, -0.1) is 0 Å². The minimum Gasteiger partial charge on any atom is -0.459 e. The van der Waals surface area contributed by atoms with Crippen LogP contribution in [0.4, 0.5) is 19.0 Å². The summed E-state index contributed by atoms with van der Waals surface area (Å²) in [6.45, 7) is 5.11. The van der Waals surface area contributed by atoms with Gasteiger partial charge in [0.05, 0.1) is 16.3 Å². The number of pyridine rings is 1. The summed E-state index contributed by atoms with van der Waals surface area (Å²) in [6.07, 6.45) is -4.52. The molecule has 0 saturated heterocycles. The van der Waals surface area contributed by atoms with E-state index in [-0.39, 0.29) is 16.6 Å². The molecule has 118 valence electrons. The van der Waals surface area contributed by atoms with Gasteiger partial charge in [0.25, 0.3) is 0 Å². The van der Waals surface area contributed by atoms with Crippen LogP contribution in [0.15, 0.2) is 17.2 Å². The lowest BCUT2D eigenvalue weighted by molar-refractivity contribution is -0.151. The van der Waals surface area contributed by atoms with E-state index >= 15 is 0 Å². The zero-order valence-electron chi connectivity index (χ0n) is 11.7. The molecule has 1 aromatic rings. The highest BCUT2D eigenvalue weighted by atomic mass is 32.2. The first-order valence-electron chi connectivity index (χ1n) is 5.92. The fourth-order valence-electron chi connectivity index (χ4n) is 1.32. The largest absolute Gasteiger partial charge is 0.459 e. The van der Waals surface area contributed by atoms with Crippen molar-refractivity contribution in [2.24, 2.45) is 5.84 Å². The second-order valence-electron chi connectivity index (χ2n) is 5.10. The molecule has 0 atom stereocenters. The number of nitrogens with zero attached hydrogens (tertiary/aromatic N) is 1. The topological polar surface area (TPSA) is 77.2 Å². The molecule has 1 rings (SSSR count). The molecule has 0 aliphatic carbocycles. The maximum atomic E-state index is 12.7. The van der Waals surface area contributed by atoms with Gasteiger partial charge in [-0.05, 0) is 32.9 Å². The number of hydrazine groups is 1. The van der Waals surface area contributed by atoms with Gasteiger partial charge in [0, 0.05) is 0 Å². The van der Waals surface area contributed by atoms with Gasteiger partial charge in [0.15, 0.2) is 0 Å². The van der Waals surface area contributed by atoms with Gasteiger partial charge in [-0.2, -0.15) is 13.2 Å². The van der Waals surface area contributed by atoms with Crippen molar-refractivity contribution in [3.8, 4) is 0 Å². The van der Waals surface area contributed by atoms with E-state index < -0.39 is 23.3 Å². The number of ether oxygens (including phenoxy) is 1. The molecule has 21 heavy (non-hydrogen) atoms. The van der Waals surface area contributed by atoms with Crippen LogP contribution in [0.3, 0.4) is 0 Å². The first-order valence-corrected chi connectivity index (χ1v) is 6.90. The Morgan fingerprint density at radius 1 is 1.38 bits per heavy atom. The molecule has 0 saturated carbocycles. The summed E-state index contributed by atoms with van der Waals surface area (Å²) in [5.41, 5.74) is 0.524. The normalized spacial score (nSPS) is 12.1. The van der Waals surface area contributed by atoms with E-state index in [4.69, 9.17) is 10.6 Å². The second kappa shape index (κ2) is 6.52. The summed E-state index contributed by atoms with van der Waals surface area (Å²) >= 11 is 0.848. The van der Waals surface area contributed by atoms with Crippen molar-refractivity contribution in [3.63, 3.8) is 0 Å². The third-order valence-corrected chi connectivity index (χ3v) is 2.92. The number of carbonyl (C=O) groups is 1. The summed E-state index contributed by atoms with van der Waals surface area (Å²) in [6, 6.07) is 1.65. The number of nitrogens with two attached hydrogens (primary N) is 1. The lowest BCUT2D eigenvalue weighted by Gasteiger charge is -2.19. The average Bonchev–Trinajstić information content (AvgIpc) is 2.33. The van der Waals surface area contributed by atoms with Gasteiger partial charge in [0.1, 0.15) is 11.4 Å². The highest BCUT2D eigenvalue weighted by molar-refractivity contribution is 7.99. The van der Waals surface area contributed by atoms with Crippen LogP contribution >= 0.6 is 11.8 Å². The molecule has 9 heteroatoms. The van der Waals surface area contributed by atoms with Crippen LogP contribution in [-0.2, 0) is 15.7 Å². The number of rotatable bonds is 4. The van der Waals surface area contributed by atoms with Gasteiger partial charge in [-0.25, -0.2) is 10.8 Å². The van der Waals surface area contributed by atoms with Gasteiger partial charge in [-0.1, -0.05) is 11.8 Å². The van der Waals surface area contributed by atoms with E-state index in [0.29, 0.717) is 0 Å². The Bertz CT molecular complexity index is 515. The molecule has 0 aliphatic rings. The molecule has 0 amide bonds. The first-order chi connectivity index (χ1) is 9.51. The van der Waals surface area contributed by atoms with Crippen molar-refractivity contribution in [2.75, 3.05) is 11.2 Å². The van der Waals surface area contributed by atoms with Crippen LogP contribution in [0.1, 0.15) is 26.3 Å². The van der Waals surface area contributed by atoms with E-state index in [0.717, 1.165) is 23.9 Å². The number of nitrogens with one attached hydrogen (secondary N) is 1. The maximum Gasteiger partial charge on any atom is 0.416 e. The second-order valence-corrected chi connectivity index (χ2v) is 6.09. The maximum absolute atomic E-state index is 12.7. The highest BCUT2D eigenvalue weighted by Gasteiger charge is 2.31. The summed E-state index contributed by atoms with van der Waals surface area (Å²) < 4.78 is 43.2. The molecule has 0 unspecified atom stereocenters. The number of hydrogen-bond acceptors (Lipinski definition) is 6. The third kappa shape index (κ3) is 6.21. The summed E-state index contributed by atoms with van der Waals surface area (Å²) in [5.74, 6) is 4.28. The van der Waals surface area contributed by atoms with E-state index in [2.05, 4.69) is 10.4 Å². The molecular weight excluding hydrogens is 307 g/mol. The van der Waals surface area contributed by atoms with E-state index in [1.807, 2.05) is 0 Å². The SMILES string of the molecule is CC(C)(C)OC(=O)CSc1cc(C(F)(F)F)cc(NN)n1. The van der Waals surface area contributed by atoms with Crippen molar-refractivity contribution in [3.05, 3.63) is 17.7 Å². The molecule has 0 aromatic carbocycles. The van der Waals surface area contributed by atoms with Crippen molar-refractivity contribution >= 4 is 23.5 Å². The first kappa shape index (κ1) is 17.6. The molecule has 1 heterocycles. The Hall–Kier alpha value is -1.48. The molecule has 0 spiro atoms. The lowest BCUT2D eigenvalue weighted by atomic mass is 10.2. The van der Waals surface area contributed by atoms with Gasteiger partial charge in [0.2, 0.25) is 0 Å². The fourth-order valence-corrected chi connectivity index (χ4v) is 2.02. The Morgan fingerprint density at radius 2 is 2.00 bits per heavy atom. The zero-order chi connectivity index (χ0) is 16.3. The molecule has 0 fully saturated rings. The Balaban J connectivity index is 2.82. The van der Waals surface area contributed by atoms with Crippen LogP contribution in [0.25, 0.3) is 0 Å². The predicted octanol–water partition coefficient (Wildman–Crippen LogP) is 2.82. The van der Waals surface area contributed by atoms with Gasteiger partial charge in [-0.3, -0.25) is 4.79 Å². The number of aromatic nitrogens is 1. The standard InChI is InChI=1S/C12H16F3N3O2S/c1-11(2,3)20-10(19)6-21-9-5-7(12(13,14)15)4-8(17-9)18-16/h4-5H,6,16H2,1-3H3,(H,17,18). The highest BCUT2D eigenvalue weighted by Crippen LogP contribution is 2.33. The van der Waals surface area contributed by atoms with Crippen LogP contribution in [-0.4, -0.2) is 22.3 Å². The smallest absolute Gasteiger partial charge is 0.416 e. The predicted molar refractivity (Wildman–Crippen MR) is 73.6 cm³/mol. The van der Waals surface area contributed by atoms with Crippen molar-refractivity contribution in [1.82, 2.24) is 4.98 Å². The summed E-state index contributed by atoms with van der Waals surface area (Å²) in [4.78, 5) is 15.4. The van der Waals surface area contributed by atoms with Crippen LogP contribution in [0.5, 0.6) is 0 Å². The zero-order valence-corrected chi connectivity index (χ0v) is 12.6. The number of carbonyl (C=O) groups excluding carboxylic acids is 1. The molecule has 0 bridgehead atoms. The number of hydrogen-bond donors (Lipinski definition) is 2. The molecule has 5 nitrogen and oxygen atoms in total. The Morgan fingerprint density at radius 3 is 2.48 bits per heavy atom. The van der Waals surface area contributed by atoms with E-state index in [1.54, 1.807) is 20.8 Å². The Kier molecular flexibility index (Phi) is 5.46. The van der Waals surface area contributed by atoms with Crippen molar-refractivity contribution in [2.45, 2.75) is 37.6 Å². The third-order valence-electron chi connectivity index (χ3n) is 2.03. The molecule has 3 N–H and O–H groups in total. The van der Waals surface area contributed by atoms with Crippen molar-refractivity contribution < 1.29 is 22.7 Å². The number of thioether (sulfide) groups is 1.